The largest absolute Gasteiger partial charge is 0.354 e. The summed E-state index contributed by atoms with van der Waals surface area (Å²) in [6.07, 6.45) is 1.86. The van der Waals surface area contributed by atoms with E-state index in [1.165, 1.54) is 5.56 Å². The summed E-state index contributed by atoms with van der Waals surface area (Å²) >= 11 is 0. The summed E-state index contributed by atoms with van der Waals surface area (Å²) in [6, 6.07) is 18.9. The second-order valence-electron chi connectivity index (χ2n) is 9.22. The highest BCUT2D eigenvalue weighted by atomic mass is 16.2. The molecule has 0 aliphatic carbocycles. The zero-order valence-corrected chi connectivity index (χ0v) is 19.1. The number of nitrogens with one attached hydrogen (secondary N) is 2. The van der Waals surface area contributed by atoms with Crippen LogP contribution >= 0.6 is 0 Å². The van der Waals surface area contributed by atoms with E-state index < -0.39 is 11.5 Å². The van der Waals surface area contributed by atoms with Gasteiger partial charge in [0.15, 0.2) is 0 Å². The van der Waals surface area contributed by atoms with Crippen molar-refractivity contribution in [2.75, 3.05) is 33.2 Å². The Morgan fingerprint density at radius 2 is 1.82 bits per heavy atom. The Hall–Kier alpha value is -3.19. The summed E-state index contributed by atoms with van der Waals surface area (Å²) in [5, 5.41) is 5.84. The normalized spacial score (nSPS) is 22.1. The fourth-order valence-corrected chi connectivity index (χ4v) is 4.82. The third kappa shape index (κ3) is 5.42. The summed E-state index contributed by atoms with van der Waals surface area (Å²) in [6.45, 7) is 3.20. The van der Waals surface area contributed by atoms with Crippen molar-refractivity contribution in [1.82, 2.24) is 20.4 Å². The first-order chi connectivity index (χ1) is 16.0. The zero-order valence-electron chi connectivity index (χ0n) is 19.1. The van der Waals surface area contributed by atoms with Crippen LogP contribution in [-0.2, 0) is 16.1 Å². The van der Waals surface area contributed by atoms with Gasteiger partial charge in [0.2, 0.25) is 11.8 Å². The number of nitrogens with zero attached hydrogens (tertiary/aromatic N) is 2. The van der Waals surface area contributed by atoms with Crippen LogP contribution in [0, 0.1) is 5.41 Å². The quantitative estimate of drug-likeness (QED) is 0.606. The van der Waals surface area contributed by atoms with Crippen molar-refractivity contribution < 1.29 is 14.4 Å². The van der Waals surface area contributed by atoms with Gasteiger partial charge >= 0.3 is 0 Å². The Bertz CT molecular complexity index is 982. The highest BCUT2D eigenvalue weighted by Gasteiger charge is 2.53. The predicted octanol–water partition coefficient (Wildman–Crippen LogP) is 2.05. The minimum atomic E-state index is -0.664. The molecule has 3 amide bonds. The van der Waals surface area contributed by atoms with E-state index in [1.54, 1.807) is 17.0 Å². The SMILES string of the molecule is CN(CCCNC(=O)[C@@H]1C[C@]2(CCN(C(=O)c3ccccc3)C2)C(=O)N1)Cc1ccccc1. The van der Waals surface area contributed by atoms with Gasteiger partial charge in [-0.2, -0.15) is 0 Å². The van der Waals surface area contributed by atoms with Crippen molar-refractivity contribution in [2.24, 2.45) is 5.41 Å². The van der Waals surface area contributed by atoms with E-state index in [0.29, 0.717) is 38.0 Å². The summed E-state index contributed by atoms with van der Waals surface area (Å²) in [4.78, 5) is 42.2. The summed E-state index contributed by atoms with van der Waals surface area (Å²) in [5.74, 6) is -0.319. The van der Waals surface area contributed by atoms with Crippen LogP contribution in [0.2, 0.25) is 0 Å². The van der Waals surface area contributed by atoms with Gasteiger partial charge in [0.1, 0.15) is 6.04 Å². The number of benzene rings is 2. The molecule has 2 fully saturated rings. The van der Waals surface area contributed by atoms with E-state index in [0.717, 1.165) is 19.5 Å². The van der Waals surface area contributed by atoms with Crippen LogP contribution in [0.5, 0.6) is 0 Å². The summed E-state index contributed by atoms with van der Waals surface area (Å²) in [7, 11) is 2.07. The van der Waals surface area contributed by atoms with Crippen molar-refractivity contribution in [3.05, 3.63) is 71.8 Å². The van der Waals surface area contributed by atoms with Gasteiger partial charge in [-0.25, -0.2) is 0 Å². The predicted molar refractivity (Wildman–Crippen MR) is 126 cm³/mol. The van der Waals surface area contributed by atoms with Gasteiger partial charge in [-0.05, 0) is 50.6 Å². The van der Waals surface area contributed by atoms with Gasteiger partial charge in [-0.1, -0.05) is 48.5 Å². The van der Waals surface area contributed by atoms with E-state index in [4.69, 9.17) is 0 Å². The maximum atomic E-state index is 12.8. The number of carbonyl (C=O) groups excluding carboxylic acids is 3. The second-order valence-corrected chi connectivity index (χ2v) is 9.22. The maximum absolute atomic E-state index is 12.8. The molecule has 2 aromatic carbocycles. The molecule has 0 unspecified atom stereocenters. The molecule has 0 aromatic heterocycles. The van der Waals surface area contributed by atoms with Crippen molar-refractivity contribution in [3.63, 3.8) is 0 Å². The molecule has 2 aliphatic rings. The molecule has 2 aromatic rings. The molecule has 2 heterocycles. The van der Waals surface area contributed by atoms with Crippen molar-refractivity contribution in [2.45, 2.75) is 31.8 Å². The molecule has 1 spiro atoms. The monoisotopic (exact) mass is 448 g/mol. The van der Waals surface area contributed by atoms with Crippen LogP contribution in [0.15, 0.2) is 60.7 Å². The molecule has 174 valence electrons. The summed E-state index contributed by atoms with van der Waals surface area (Å²) < 4.78 is 0. The molecular formula is C26H32N4O3. The lowest BCUT2D eigenvalue weighted by Crippen LogP contribution is -2.42. The lowest BCUT2D eigenvalue weighted by molar-refractivity contribution is -0.128. The Kier molecular flexibility index (Phi) is 7.08. The molecule has 2 atom stereocenters. The average Bonchev–Trinajstić information content (AvgIpc) is 3.41. The molecule has 2 N–H and O–H groups in total. The fourth-order valence-electron chi connectivity index (χ4n) is 4.82. The van der Waals surface area contributed by atoms with Gasteiger partial charge in [-0.15, -0.1) is 0 Å². The highest BCUT2D eigenvalue weighted by Crippen LogP contribution is 2.40. The third-order valence-corrected chi connectivity index (χ3v) is 6.67. The highest BCUT2D eigenvalue weighted by molar-refractivity contribution is 5.97. The van der Waals surface area contributed by atoms with Crippen molar-refractivity contribution in [1.29, 1.82) is 0 Å². The van der Waals surface area contributed by atoms with E-state index >= 15 is 0 Å². The maximum Gasteiger partial charge on any atom is 0.253 e. The van der Waals surface area contributed by atoms with Crippen molar-refractivity contribution >= 4 is 17.7 Å². The van der Waals surface area contributed by atoms with E-state index in [9.17, 15) is 14.4 Å². The Labute approximate surface area is 195 Å². The fraction of sp³-hybridized carbons (Fsp3) is 0.423. The molecule has 33 heavy (non-hydrogen) atoms. The van der Waals surface area contributed by atoms with Gasteiger partial charge in [0, 0.05) is 31.7 Å². The molecule has 0 saturated carbocycles. The molecule has 2 aliphatic heterocycles. The lowest BCUT2D eigenvalue weighted by atomic mass is 9.84. The van der Waals surface area contributed by atoms with Crippen LogP contribution in [-0.4, -0.2) is 66.8 Å². The van der Waals surface area contributed by atoms with Crippen molar-refractivity contribution in [3.8, 4) is 0 Å². The number of amides is 3. The molecular weight excluding hydrogens is 416 g/mol. The molecule has 2 saturated heterocycles. The summed E-state index contributed by atoms with van der Waals surface area (Å²) in [5.41, 5.74) is 1.22. The zero-order chi connectivity index (χ0) is 23.3. The standard InChI is InChI=1S/C26H32N4O3/c1-29(18-20-9-4-2-5-10-20)15-8-14-27-23(31)22-17-26(25(33)28-22)13-16-30(19-26)24(32)21-11-6-3-7-12-21/h2-7,9-12,22H,8,13-19H2,1H3,(H,27,31)(H,28,33)/t22-,26-/m0/s1. The van der Waals surface area contributed by atoms with Crippen LogP contribution in [0.4, 0.5) is 0 Å². The van der Waals surface area contributed by atoms with E-state index in [2.05, 4.69) is 34.7 Å². The number of carbonyl (C=O) groups is 3. The van der Waals surface area contributed by atoms with Crippen LogP contribution in [0.25, 0.3) is 0 Å². The molecule has 0 bridgehead atoms. The lowest BCUT2D eigenvalue weighted by Gasteiger charge is -2.21. The number of rotatable bonds is 8. The number of hydrogen-bond donors (Lipinski definition) is 2. The number of likely N-dealkylation sites (tertiary alicyclic amines) is 1. The first kappa shape index (κ1) is 23.0. The molecule has 7 nitrogen and oxygen atoms in total. The Morgan fingerprint density at radius 1 is 1.12 bits per heavy atom. The van der Waals surface area contributed by atoms with Gasteiger partial charge in [0.25, 0.3) is 5.91 Å². The Balaban J connectivity index is 1.22. The number of hydrogen-bond acceptors (Lipinski definition) is 4. The smallest absolute Gasteiger partial charge is 0.253 e. The minimum absolute atomic E-state index is 0.0622. The average molecular weight is 449 g/mol. The first-order valence-corrected chi connectivity index (χ1v) is 11.6. The van der Waals surface area contributed by atoms with Gasteiger partial charge in [0.05, 0.1) is 5.41 Å². The topological polar surface area (TPSA) is 81.8 Å². The third-order valence-electron chi connectivity index (χ3n) is 6.67. The minimum Gasteiger partial charge on any atom is -0.354 e. The van der Waals surface area contributed by atoms with E-state index in [-0.39, 0.29) is 17.7 Å². The van der Waals surface area contributed by atoms with Crippen LogP contribution in [0.1, 0.15) is 35.2 Å². The van der Waals surface area contributed by atoms with Crippen LogP contribution in [0.3, 0.4) is 0 Å². The Morgan fingerprint density at radius 3 is 2.55 bits per heavy atom. The molecule has 7 heteroatoms. The molecule has 0 radical (unpaired) electrons. The van der Waals surface area contributed by atoms with Crippen LogP contribution < -0.4 is 10.6 Å². The van der Waals surface area contributed by atoms with Gasteiger partial charge in [-0.3, -0.25) is 14.4 Å². The van der Waals surface area contributed by atoms with E-state index in [1.807, 2.05) is 36.4 Å². The first-order valence-electron chi connectivity index (χ1n) is 11.6. The second kappa shape index (κ2) is 10.2. The molecule has 4 rings (SSSR count). The van der Waals surface area contributed by atoms with Gasteiger partial charge < -0.3 is 20.4 Å².